The van der Waals surface area contributed by atoms with Gasteiger partial charge in [-0.05, 0) is 115 Å². The maximum atomic E-state index is 13.4. The van der Waals surface area contributed by atoms with Gasteiger partial charge >= 0.3 is 12.0 Å². The van der Waals surface area contributed by atoms with Crippen molar-refractivity contribution in [3.63, 3.8) is 0 Å². The van der Waals surface area contributed by atoms with Crippen LogP contribution in [0.4, 0.5) is 27.5 Å². The summed E-state index contributed by atoms with van der Waals surface area (Å²) in [6.45, 7) is 8.46. The fourth-order valence-corrected chi connectivity index (χ4v) is 10.5. The number of nitrogens with one attached hydrogen (secondary N) is 4. The van der Waals surface area contributed by atoms with Crippen molar-refractivity contribution in [1.82, 2.24) is 19.6 Å². The second-order valence-electron chi connectivity index (χ2n) is 20.3. The van der Waals surface area contributed by atoms with Gasteiger partial charge in [-0.15, -0.1) is 0 Å². The van der Waals surface area contributed by atoms with Gasteiger partial charge in [-0.2, -0.15) is 35.5 Å². The van der Waals surface area contributed by atoms with Crippen molar-refractivity contribution < 1.29 is 124 Å². The number of allylic oxidation sites excluding steroid dienone is 2. The highest BCUT2D eigenvalue weighted by molar-refractivity contribution is 7.91. The van der Waals surface area contributed by atoms with Crippen LogP contribution in [-0.4, -0.2) is 318 Å². The third kappa shape index (κ3) is 30.3. The molecule has 0 atom stereocenters. The number of hydrogen-bond acceptors (Lipinski definition) is 30. The maximum absolute atomic E-state index is 13.4. The number of aryl methyl sites for hydroxylation is 1. The Labute approximate surface area is 565 Å². The van der Waals surface area contributed by atoms with Crippen LogP contribution in [0.2, 0.25) is 0 Å². The number of aromatic carboxylic acids is 1. The highest BCUT2D eigenvalue weighted by atomic mass is 32.2. The van der Waals surface area contributed by atoms with E-state index < -0.39 is 80.1 Å². The number of hydrazone groups is 2. The molecule has 0 saturated carbocycles. The third-order valence-electron chi connectivity index (χ3n) is 13.3. The van der Waals surface area contributed by atoms with Crippen LogP contribution in [0.15, 0.2) is 104 Å². The molecule has 39 heteroatoms. The predicted molar refractivity (Wildman–Crippen MR) is 361 cm³/mol. The summed E-state index contributed by atoms with van der Waals surface area (Å²) in [5.74, 6) is -3.04. The molecule has 36 nitrogen and oxygen atoms in total. The minimum Gasteiger partial charge on any atom is -0.478 e. The first-order valence-electron chi connectivity index (χ1n) is 29.6. The number of aliphatic hydroxyl groups excluding tert-OH is 12. The number of carbonyl (C=O) groups excluding carboxylic acids is 3. The van der Waals surface area contributed by atoms with E-state index in [1.807, 2.05) is 0 Å². The zero-order valence-electron chi connectivity index (χ0n) is 53.3. The Kier molecular flexibility index (Phi) is 39.9. The van der Waals surface area contributed by atoms with Gasteiger partial charge in [-0.25, -0.2) is 9.59 Å². The number of carboxylic acid groups (broad SMARTS) is 1. The Morgan fingerprint density at radius 1 is 0.408 bits per heavy atom. The molecule has 98 heavy (non-hydrogen) atoms. The van der Waals surface area contributed by atoms with Crippen molar-refractivity contribution in [2.24, 2.45) is 10.2 Å². The summed E-state index contributed by atoms with van der Waals surface area (Å²) in [5, 5.41) is 124. The van der Waals surface area contributed by atoms with Gasteiger partial charge in [0.05, 0.1) is 101 Å². The standard InChI is InChI=1S/C35H26N6O14S3.4C6H15NO3/c1-17-12-24(56(47,48)49)8-11-27(17)39-41-31-29(58(53,54)55)16-20-14-23(7-10-26(20)33(31)43)37-35(46)36-22-6-9-25-19(13-22)15-28(57(50,51)52)30(32(25)42)40-38-21-4-2-18(3-5-21)34(44)45;4*8-4-1-7(2-5-9)3-6-10/h2-16,38-39H,1H3,(H,44,45)(H2,36,37,46)(H,47,48,49)(H,50,51,52)(H,53,54,55);4*8-10H,1-6H2/b40-30+,41-31-;;;;. The third-order valence-corrected chi connectivity index (χ3v) is 15.9. The van der Waals surface area contributed by atoms with Crippen molar-refractivity contribution in [3.05, 3.63) is 122 Å². The fourth-order valence-electron chi connectivity index (χ4n) is 8.61. The average Bonchev–Trinajstić information content (AvgIpc) is 0.775. The van der Waals surface area contributed by atoms with Crippen LogP contribution in [0.3, 0.4) is 0 Å². The smallest absolute Gasteiger partial charge is 0.335 e. The molecule has 2 amide bonds. The van der Waals surface area contributed by atoms with Crippen LogP contribution in [0, 0.1) is 6.92 Å². The monoisotopic (exact) mass is 1450 g/mol. The van der Waals surface area contributed by atoms with Crippen molar-refractivity contribution in [1.29, 1.82) is 0 Å². The zero-order valence-corrected chi connectivity index (χ0v) is 55.7. The number of carboxylic acids is 1. The molecule has 0 saturated heterocycles. The highest BCUT2D eigenvalue weighted by Crippen LogP contribution is 2.31. The number of urea groups is 1. The summed E-state index contributed by atoms with van der Waals surface area (Å²) < 4.78 is 101. The molecule has 2 aliphatic rings. The van der Waals surface area contributed by atoms with Gasteiger partial charge in [-0.3, -0.25) is 53.7 Å². The van der Waals surface area contributed by atoms with Crippen LogP contribution >= 0.6 is 0 Å². The molecule has 546 valence electrons. The molecule has 6 rings (SSSR count). The molecule has 0 bridgehead atoms. The molecule has 2 aliphatic carbocycles. The van der Waals surface area contributed by atoms with Crippen LogP contribution in [0.5, 0.6) is 0 Å². The zero-order chi connectivity index (χ0) is 73.6. The van der Waals surface area contributed by atoms with Gasteiger partial charge < -0.3 is 77.0 Å². The lowest BCUT2D eigenvalue weighted by molar-refractivity contribution is 0.0696. The number of benzene rings is 4. The minimum absolute atomic E-state index is 0.0207. The molecule has 0 heterocycles. The highest BCUT2D eigenvalue weighted by Gasteiger charge is 2.35. The fraction of sp³-hybridized carbons (Fsp3) is 0.424. The molecule has 20 N–H and O–H groups in total. The Morgan fingerprint density at radius 3 is 0.990 bits per heavy atom. The SMILES string of the molecule is Cc1cc(S(=O)(=O)O)ccc1N/N=C1\C(=O)c2ccc(NC(=O)Nc3ccc4c(c3)C=C(S(=O)(=O)O)/C(=N\Nc3ccc(C(=O)O)cc3)C4=O)cc2C=C1S(=O)(=O)O.OCCN(CCO)CCO.OCCN(CCO)CCO.OCCN(CCO)CCO.OCCN(CCO)CCO. The Morgan fingerprint density at radius 2 is 0.714 bits per heavy atom. The minimum atomic E-state index is -5.07. The second kappa shape index (κ2) is 45.2. The summed E-state index contributed by atoms with van der Waals surface area (Å²) >= 11 is 0. The molecule has 0 radical (unpaired) electrons. The number of rotatable bonds is 34. The van der Waals surface area contributed by atoms with Gasteiger partial charge in [-0.1, -0.05) is 0 Å². The first kappa shape index (κ1) is 86.6. The molecular formula is C59H86N10O26S3. The topological polar surface area (TPSA) is 580 Å². The van der Waals surface area contributed by atoms with E-state index in [4.69, 9.17) is 66.4 Å². The van der Waals surface area contributed by atoms with E-state index in [-0.39, 0.29) is 135 Å². The largest absolute Gasteiger partial charge is 0.478 e. The lowest BCUT2D eigenvalue weighted by Gasteiger charge is -2.18. The van der Waals surface area contributed by atoms with E-state index in [1.54, 1.807) is 19.6 Å². The molecule has 0 aromatic heterocycles. The van der Waals surface area contributed by atoms with E-state index in [9.17, 15) is 58.1 Å². The first-order valence-corrected chi connectivity index (χ1v) is 33.9. The number of anilines is 4. The number of hydrogen-bond donors (Lipinski definition) is 20. The van der Waals surface area contributed by atoms with E-state index >= 15 is 0 Å². The van der Waals surface area contributed by atoms with Crippen molar-refractivity contribution in [3.8, 4) is 0 Å². The molecule has 4 aromatic rings. The summed E-state index contributed by atoms with van der Waals surface area (Å²) in [6.07, 6.45) is 1.89. The normalized spacial score (nSPS) is 13.6. The molecule has 0 aliphatic heterocycles. The van der Waals surface area contributed by atoms with Crippen molar-refractivity contribution >= 4 is 100 Å². The van der Waals surface area contributed by atoms with Crippen molar-refractivity contribution in [2.45, 2.75) is 11.8 Å². The lowest BCUT2D eigenvalue weighted by atomic mass is 9.94. The molecule has 0 fully saturated rings. The Balaban J connectivity index is 0.000000655. The maximum Gasteiger partial charge on any atom is 0.335 e. The van der Waals surface area contributed by atoms with Gasteiger partial charge in [0.15, 0.2) is 11.4 Å². The number of aliphatic hydroxyl groups is 12. The Hall–Kier alpha value is -7.53. The van der Waals surface area contributed by atoms with E-state index in [0.29, 0.717) is 78.5 Å². The lowest BCUT2D eigenvalue weighted by Crippen LogP contribution is -2.32. The number of ketones is 2. The molecule has 0 spiro atoms. The number of carbonyl (C=O) groups is 4. The van der Waals surface area contributed by atoms with Crippen LogP contribution in [-0.2, 0) is 30.4 Å². The second-order valence-corrected chi connectivity index (χ2v) is 24.5. The summed E-state index contributed by atoms with van der Waals surface area (Å²) in [4.78, 5) is 55.8. The number of fused-ring (bicyclic) bond motifs is 2. The summed E-state index contributed by atoms with van der Waals surface area (Å²) in [5.41, 5.74) is 3.95. The Bertz CT molecular complexity index is 3550. The number of nitrogens with zero attached hydrogens (tertiary/aromatic N) is 6. The van der Waals surface area contributed by atoms with Gasteiger partial charge in [0.1, 0.15) is 9.81 Å². The van der Waals surface area contributed by atoms with Crippen LogP contribution in [0.1, 0.15) is 47.8 Å². The van der Waals surface area contributed by atoms with Gasteiger partial charge in [0, 0.05) is 101 Å². The predicted octanol–water partition coefficient (Wildman–Crippen LogP) is -2.57. The average molecular weight is 1450 g/mol. The quantitative estimate of drug-likeness (QED) is 0.0169. The van der Waals surface area contributed by atoms with E-state index in [2.05, 4.69) is 31.7 Å². The van der Waals surface area contributed by atoms with Crippen LogP contribution in [0.25, 0.3) is 12.2 Å². The van der Waals surface area contributed by atoms with E-state index in [1.165, 1.54) is 73.7 Å². The first-order chi connectivity index (χ1) is 46.5. The van der Waals surface area contributed by atoms with E-state index in [0.717, 1.165) is 24.3 Å². The van der Waals surface area contributed by atoms with Crippen molar-refractivity contribution in [2.75, 3.05) is 179 Å². The molecular weight excluding hydrogens is 1360 g/mol. The molecule has 0 unspecified atom stereocenters. The number of amides is 2. The summed E-state index contributed by atoms with van der Waals surface area (Å²) in [6, 6.07) is 15.2. The van der Waals surface area contributed by atoms with Gasteiger partial charge in [0.2, 0.25) is 11.6 Å². The molecule has 4 aromatic carbocycles. The van der Waals surface area contributed by atoms with Gasteiger partial charge in [0.25, 0.3) is 30.4 Å². The van der Waals surface area contributed by atoms with Crippen LogP contribution < -0.4 is 21.5 Å². The number of Topliss-reactive ketones (excluding diaryl/α,β-unsaturated/α-hetero) is 2. The summed E-state index contributed by atoms with van der Waals surface area (Å²) in [7, 11) is -14.6.